The topological polar surface area (TPSA) is 12.4 Å². The molecular formula is C14H21N. The van der Waals surface area contributed by atoms with E-state index in [0.29, 0.717) is 0 Å². The summed E-state index contributed by atoms with van der Waals surface area (Å²) in [5.41, 5.74) is 3.67. The molecule has 0 saturated heterocycles. The second-order valence-corrected chi connectivity index (χ2v) is 4.09. The van der Waals surface area contributed by atoms with Crippen LogP contribution in [0.5, 0.6) is 0 Å². The van der Waals surface area contributed by atoms with Gasteiger partial charge in [-0.1, -0.05) is 38.3 Å². The van der Waals surface area contributed by atoms with Gasteiger partial charge in [-0.05, 0) is 43.7 Å². The Balaban J connectivity index is 2.48. The van der Waals surface area contributed by atoms with Gasteiger partial charge in [0.25, 0.3) is 0 Å². The lowest BCUT2D eigenvalue weighted by molar-refractivity contribution is 0.667. The van der Waals surface area contributed by atoms with Crippen molar-refractivity contribution in [1.82, 2.24) is 0 Å². The van der Waals surface area contributed by atoms with Crippen molar-refractivity contribution < 1.29 is 0 Å². The predicted molar refractivity (Wildman–Crippen MR) is 68.2 cm³/mol. The number of unbranched alkanes of at least 4 members (excludes halogenated alkanes) is 3. The van der Waals surface area contributed by atoms with Gasteiger partial charge in [-0.2, -0.15) is 0 Å². The molecule has 0 aromatic heterocycles. The molecule has 0 amide bonds. The van der Waals surface area contributed by atoms with Crippen LogP contribution in [0.2, 0.25) is 0 Å². The summed E-state index contributed by atoms with van der Waals surface area (Å²) in [5, 5.41) is 0. The van der Waals surface area contributed by atoms with Crippen molar-refractivity contribution in [2.75, 3.05) is 0 Å². The summed E-state index contributed by atoms with van der Waals surface area (Å²) in [5.74, 6) is 0. The molecule has 0 aliphatic rings. The molecule has 0 unspecified atom stereocenters. The summed E-state index contributed by atoms with van der Waals surface area (Å²) in [6.07, 6.45) is 6.49. The van der Waals surface area contributed by atoms with Crippen molar-refractivity contribution in [2.45, 2.75) is 46.0 Å². The van der Waals surface area contributed by atoms with Crippen molar-refractivity contribution in [2.24, 2.45) is 4.99 Å². The van der Waals surface area contributed by atoms with Crippen molar-refractivity contribution in [3.8, 4) is 0 Å². The van der Waals surface area contributed by atoms with Crippen LogP contribution in [-0.4, -0.2) is 6.72 Å². The van der Waals surface area contributed by atoms with Crippen LogP contribution < -0.4 is 0 Å². The van der Waals surface area contributed by atoms with E-state index in [9.17, 15) is 0 Å². The highest BCUT2D eigenvalue weighted by molar-refractivity contribution is 5.52. The van der Waals surface area contributed by atoms with Gasteiger partial charge in [0.05, 0.1) is 5.69 Å². The van der Waals surface area contributed by atoms with Crippen molar-refractivity contribution >= 4 is 12.4 Å². The summed E-state index contributed by atoms with van der Waals surface area (Å²) in [6, 6.07) is 6.47. The summed E-state index contributed by atoms with van der Waals surface area (Å²) in [4.78, 5) is 3.97. The molecule has 0 heterocycles. The number of hydrogen-bond acceptors (Lipinski definition) is 1. The Morgan fingerprint density at radius 2 is 2.00 bits per heavy atom. The average Bonchev–Trinajstić information content (AvgIpc) is 2.25. The molecule has 1 rings (SSSR count). The predicted octanol–water partition coefficient (Wildman–Crippen LogP) is 4.45. The van der Waals surface area contributed by atoms with Gasteiger partial charge in [0.1, 0.15) is 0 Å². The minimum absolute atomic E-state index is 1.01. The molecule has 0 aliphatic carbocycles. The molecular weight excluding hydrogens is 182 g/mol. The van der Waals surface area contributed by atoms with E-state index in [1.807, 2.05) is 0 Å². The molecule has 1 aromatic carbocycles. The molecule has 15 heavy (non-hydrogen) atoms. The Labute approximate surface area is 93.2 Å². The molecule has 0 atom stereocenters. The Morgan fingerprint density at radius 3 is 2.60 bits per heavy atom. The van der Waals surface area contributed by atoms with E-state index in [0.717, 1.165) is 5.69 Å². The maximum atomic E-state index is 3.97. The van der Waals surface area contributed by atoms with Gasteiger partial charge in [0.15, 0.2) is 0 Å². The van der Waals surface area contributed by atoms with E-state index >= 15 is 0 Å². The summed E-state index contributed by atoms with van der Waals surface area (Å²) < 4.78 is 0. The average molecular weight is 203 g/mol. The van der Waals surface area contributed by atoms with Crippen LogP contribution in [0.3, 0.4) is 0 Å². The monoisotopic (exact) mass is 203 g/mol. The largest absolute Gasteiger partial charge is 0.264 e. The molecule has 0 aliphatic heterocycles. The lowest BCUT2D eigenvalue weighted by Gasteiger charge is -2.04. The first kappa shape index (κ1) is 12.0. The second kappa shape index (κ2) is 6.39. The van der Waals surface area contributed by atoms with E-state index in [2.05, 4.69) is 43.8 Å². The highest BCUT2D eigenvalue weighted by atomic mass is 14.7. The molecule has 0 N–H and O–H groups in total. The molecule has 0 saturated carbocycles. The van der Waals surface area contributed by atoms with Crippen LogP contribution >= 0.6 is 0 Å². The Bertz CT molecular complexity index is 315. The van der Waals surface area contributed by atoms with E-state index in [-0.39, 0.29) is 0 Å². The van der Waals surface area contributed by atoms with Gasteiger partial charge in [0.2, 0.25) is 0 Å². The van der Waals surface area contributed by atoms with E-state index in [4.69, 9.17) is 0 Å². The van der Waals surface area contributed by atoms with Gasteiger partial charge < -0.3 is 0 Å². The zero-order chi connectivity index (χ0) is 11.1. The Kier molecular flexibility index (Phi) is 5.09. The number of hydrogen-bond donors (Lipinski definition) is 0. The zero-order valence-corrected chi connectivity index (χ0v) is 9.92. The van der Waals surface area contributed by atoms with Gasteiger partial charge >= 0.3 is 0 Å². The molecule has 82 valence electrons. The number of aliphatic imine (C=N–C) groups is 1. The first-order valence-electron chi connectivity index (χ1n) is 5.84. The van der Waals surface area contributed by atoms with Crippen molar-refractivity contribution in [3.05, 3.63) is 29.3 Å². The van der Waals surface area contributed by atoms with Gasteiger partial charge in [-0.3, -0.25) is 4.99 Å². The van der Waals surface area contributed by atoms with Crippen molar-refractivity contribution in [1.29, 1.82) is 0 Å². The smallest absolute Gasteiger partial charge is 0.0651 e. The van der Waals surface area contributed by atoms with Crippen LogP contribution in [0, 0.1) is 6.92 Å². The van der Waals surface area contributed by atoms with E-state index in [1.165, 1.54) is 43.2 Å². The third kappa shape index (κ3) is 3.86. The summed E-state index contributed by atoms with van der Waals surface area (Å²) >= 11 is 0. The zero-order valence-electron chi connectivity index (χ0n) is 9.92. The first-order chi connectivity index (χ1) is 7.27. The molecule has 1 heteroatoms. The van der Waals surface area contributed by atoms with Gasteiger partial charge in [-0.15, -0.1) is 0 Å². The molecule has 1 nitrogen and oxygen atoms in total. The van der Waals surface area contributed by atoms with E-state index < -0.39 is 0 Å². The minimum atomic E-state index is 1.01. The SMILES string of the molecule is C=Nc1ccc(CCCCCC)cc1C. The summed E-state index contributed by atoms with van der Waals surface area (Å²) in [7, 11) is 0. The molecule has 0 radical (unpaired) electrons. The third-order valence-corrected chi connectivity index (χ3v) is 2.75. The molecule has 0 fully saturated rings. The fourth-order valence-corrected chi connectivity index (χ4v) is 1.81. The lowest BCUT2D eigenvalue weighted by atomic mass is 10.0. The molecule has 1 aromatic rings. The minimum Gasteiger partial charge on any atom is -0.264 e. The number of aryl methyl sites for hydroxylation is 2. The Morgan fingerprint density at radius 1 is 1.20 bits per heavy atom. The summed E-state index contributed by atoms with van der Waals surface area (Å²) in [6.45, 7) is 7.90. The lowest BCUT2D eigenvalue weighted by Crippen LogP contribution is -1.87. The standard InChI is InChI=1S/C14H21N/c1-4-5-6-7-8-13-9-10-14(15-3)12(2)11-13/h9-11H,3-8H2,1-2H3. The molecule has 0 spiro atoms. The Hall–Kier alpha value is -1.11. The van der Waals surface area contributed by atoms with Gasteiger partial charge in [0, 0.05) is 0 Å². The van der Waals surface area contributed by atoms with Crippen LogP contribution in [0.4, 0.5) is 5.69 Å². The third-order valence-electron chi connectivity index (χ3n) is 2.75. The fourth-order valence-electron chi connectivity index (χ4n) is 1.81. The quantitative estimate of drug-likeness (QED) is 0.478. The normalized spacial score (nSPS) is 10.3. The maximum Gasteiger partial charge on any atom is 0.0651 e. The van der Waals surface area contributed by atoms with Crippen molar-refractivity contribution in [3.63, 3.8) is 0 Å². The van der Waals surface area contributed by atoms with Crippen LogP contribution in [0.15, 0.2) is 23.2 Å². The maximum absolute atomic E-state index is 3.97. The first-order valence-corrected chi connectivity index (χ1v) is 5.84. The van der Waals surface area contributed by atoms with Crippen LogP contribution in [0.25, 0.3) is 0 Å². The van der Waals surface area contributed by atoms with Crippen LogP contribution in [-0.2, 0) is 6.42 Å². The van der Waals surface area contributed by atoms with Crippen LogP contribution in [0.1, 0.15) is 43.7 Å². The highest BCUT2D eigenvalue weighted by Crippen LogP contribution is 2.20. The molecule has 0 bridgehead atoms. The van der Waals surface area contributed by atoms with Gasteiger partial charge in [-0.25, -0.2) is 0 Å². The number of nitrogens with zero attached hydrogens (tertiary/aromatic N) is 1. The number of benzene rings is 1. The highest BCUT2D eigenvalue weighted by Gasteiger charge is 1.98. The fraction of sp³-hybridized carbons (Fsp3) is 0.500. The van der Waals surface area contributed by atoms with E-state index in [1.54, 1.807) is 0 Å². The second-order valence-electron chi connectivity index (χ2n) is 4.09. The number of rotatable bonds is 6.